The number of ether oxygens (including phenoxy) is 2. The summed E-state index contributed by atoms with van der Waals surface area (Å²) >= 11 is 0. The molecule has 0 aromatic heterocycles. The fraction of sp³-hybridized carbons (Fsp3) is 0.833. The Bertz CT molecular complexity index is 1150. The molecule has 0 heterocycles. The highest BCUT2D eigenvalue weighted by molar-refractivity contribution is 7.47. The average molecular weight is 909 g/mol. The molecule has 0 amide bonds. The van der Waals surface area contributed by atoms with Gasteiger partial charge in [-0.25, -0.2) is 4.57 Å². The number of phosphoric ester groups is 1. The minimum absolute atomic E-state index is 0.0848. The second kappa shape index (κ2) is 47.0. The molecular formula is C54H103NO7P+. The van der Waals surface area contributed by atoms with Crippen LogP contribution in [-0.2, 0) is 27.9 Å². The van der Waals surface area contributed by atoms with E-state index in [1.807, 2.05) is 21.1 Å². The SMILES string of the molecule is CCCCCCC/C=C\C/C=C\C/C=C\CCCCCCCCC(=O)OC(COCCCCCCCCCCCC/C=C\CCCCCCCC)COP(=O)(O)OCC[N+](C)(C)C. The second-order valence-electron chi connectivity index (χ2n) is 18.9. The number of carbonyl (C=O) groups is 1. The van der Waals surface area contributed by atoms with E-state index >= 15 is 0 Å². The predicted molar refractivity (Wildman–Crippen MR) is 270 cm³/mol. The largest absolute Gasteiger partial charge is 0.472 e. The van der Waals surface area contributed by atoms with Gasteiger partial charge in [0.25, 0.3) is 0 Å². The Hall–Kier alpha value is -1.54. The van der Waals surface area contributed by atoms with E-state index in [1.54, 1.807) is 0 Å². The van der Waals surface area contributed by atoms with Crippen LogP contribution < -0.4 is 0 Å². The van der Waals surface area contributed by atoms with Crippen molar-refractivity contribution >= 4 is 13.8 Å². The molecule has 1 N–H and O–H groups in total. The third-order valence-electron chi connectivity index (χ3n) is 11.4. The number of allylic oxidation sites excluding steroid dienone is 8. The molecule has 63 heavy (non-hydrogen) atoms. The molecular weight excluding hydrogens is 806 g/mol. The van der Waals surface area contributed by atoms with Gasteiger partial charge in [0.15, 0.2) is 0 Å². The summed E-state index contributed by atoms with van der Waals surface area (Å²) in [7, 11) is 1.66. The van der Waals surface area contributed by atoms with Crippen LogP contribution in [0.5, 0.6) is 0 Å². The van der Waals surface area contributed by atoms with Gasteiger partial charge in [0.2, 0.25) is 0 Å². The Morgan fingerprint density at radius 2 is 0.873 bits per heavy atom. The van der Waals surface area contributed by atoms with Crippen molar-refractivity contribution in [1.82, 2.24) is 0 Å². The number of rotatable bonds is 49. The highest BCUT2D eigenvalue weighted by atomic mass is 31.2. The summed E-state index contributed by atoms with van der Waals surface area (Å²) in [4.78, 5) is 23.0. The van der Waals surface area contributed by atoms with Crippen LogP contribution in [0.15, 0.2) is 48.6 Å². The molecule has 0 aliphatic rings. The van der Waals surface area contributed by atoms with Gasteiger partial charge in [0.1, 0.15) is 19.3 Å². The molecule has 8 nitrogen and oxygen atoms in total. The standard InChI is InChI=1S/C54H102NO7P/c1-6-8-10-12-14-16-18-20-22-24-26-28-29-31-33-35-37-39-41-43-45-47-54(56)62-53(52-61-63(57,58)60-50-48-55(3,4)5)51-59-49-46-44-42-40-38-36-34-32-30-27-25-23-21-19-17-15-13-11-9-7-2/h18,20-21,23-24,26,29,31,53H,6-17,19,22,25,27-28,30,32-52H2,1-5H3/p+1/b20-18-,23-21-,26-24-,31-29-. The Morgan fingerprint density at radius 3 is 1.32 bits per heavy atom. The van der Waals surface area contributed by atoms with Crippen molar-refractivity contribution in [3.63, 3.8) is 0 Å². The third kappa shape index (κ3) is 51.3. The van der Waals surface area contributed by atoms with Crippen molar-refractivity contribution in [2.24, 2.45) is 0 Å². The molecule has 0 rings (SSSR count). The van der Waals surface area contributed by atoms with E-state index in [1.165, 1.54) is 154 Å². The number of esters is 1. The summed E-state index contributed by atoms with van der Waals surface area (Å²) in [5.74, 6) is -0.324. The molecule has 0 fully saturated rings. The molecule has 2 unspecified atom stereocenters. The molecule has 0 aromatic rings. The number of nitrogens with zero attached hydrogens (tertiary/aromatic N) is 1. The van der Waals surface area contributed by atoms with Crippen LogP contribution in [-0.4, -0.2) is 75.6 Å². The first kappa shape index (κ1) is 61.5. The monoisotopic (exact) mass is 909 g/mol. The van der Waals surface area contributed by atoms with Crippen molar-refractivity contribution < 1.29 is 37.3 Å². The highest BCUT2D eigenvalue weighted by Crippen LogP contribution is 2.43. The van der Waals surface area contributed by atoms with Crippen LogP contribution in [0.25, 0.3) is 0 Å². The molecule has 0 saturated heterocycles. The smallest absolute Gasteiger partial charge is 0.457 e. The fourth-order valence-electron chi connectivity index (χ4n) is 7.26. The molecule has 0 aromatic carbocycles. The maximum atomic E-state index is 12.8. The molecule has 0 bridgehead atoms. The zero-order valence-electron chi connectivity index (χ0n) is 42.1. The van der Waals surface area contributed by atoms with Gasteiger partial charge in [-0.05, 0) is 77.0 Å². The number of hydrogen-bond donors (Lipinski definition) is 1. The average Bonchev–Trinajstić information content (AvgIpc) is 3.24. The van der Waals surface area contributed by atoms with Crippen LogP contribution in [0.3, 0.4) is 0 Å². The summed E-state index contributed by atoms with van der Waals surface area (Å²) in [6.07, 6.45) is 58.7. The lowest BCUT2D eigenvalue weighted by molar-refractivity contribution is -0.870. The minimum atomic E-state index is -4.29. The van der Waals surface area contributed by atoms with E-state index in [9.17, 15) is 14.3 Å². The lowest BCUT2D eigenvalue weighted by atomic mass is 10.1. The van der Waals surface area contributed by atoms with Crippen LogP contribution in [0.2, 0.25) is 0 Å². The molecule has 0 aliphatic carbocycles. The Kier molecular flexibility index (Phi) is 45.8. The Morgan fingerprint density at radius 1 is 0.492 bits per heavy atom. The molecule has 0 aliphatic heterocycles. The zero-order chi connectivity index (χ0) is 46.2. The van der Waals surface area contributed by atoms with E-state index < -0.39 is 13.9 Å². The van der Waals surface area contributed by atoms with Crippen molar-refractivity contribution in [2.75, 3.05) is 54.1 Å². The van der Waals surface area contributed by atoms with Crippen molar-refractivity contribution in [3.05, 3.63) is 48.6 Å². The van der Waals surface area contributed by atoms with E-state index in [2.05, 4.69) is 62.5 Å². The number of phosphoric acid groups is 1. The molecule has 0 saturated carbocycles. The maximum absolute atomic E-state index is 12.8. The van der Waals surface area contributed by atoms with Gasteiger partial charge in [0, 0.05) is 13.0 Å². The predicted octanol–water partition coefficient (Wildman–Crippen LogP) is 16.3. The summed E-state index contributed by atoms with van der Waals surface area (Å²) < 4.78 is 35.2. The first-order valence-electron chi connectivity index (χ1n) is 26.4. The van der Waals surface area contributed by atoms with Crippen molar-refractivity contribution in [2.45, 2.75) is 238 Å². The van der Waals surface area contributed by atoms with Gasteiger partial charge in [-0.2, -0.15) is 0 Å². The molecule has 0 radical (unpaired) electrons. The van der Waals surface area contributed by atoms with Crippen molar-refractivity contribution in [3.8, 4) is 0 Å². The highest BCUT2D eigenvalue weighted by Gasteiger charge is 2.26. The number of quaternary nitrogens is 1. The van der Waals surface area contributed by atoms with Gasteiger partial charge < -0.3 is 18.9 Å². The van der Waals surface area contributed by atoms with E-state index in [0.29, 0.717) is 24.1 Å². The number of hydrogen-bond acceptors (Lipinski definition) is 6. The van der Waals surface area contributed by atoms with Gasteiger partial charge in [-0.1, -0.05) is 197 Å². The topological polar surface area (TPSA) is 91.3 Å². The second-order valence-corrected chi connectivity index (χ2v) is 20.4. The van der Waals surface area contributed by atoms with Crippen LogP contribution >= 0.6 is 7.82 Å². The fourth-order valence-corrected chi connectivity index (χ4v) is 8.00. The lowest BCUT2D eigenvalue weighted by Crippen LogP contribution is -2.37. The number of likely N-dealkylation sites (N-methyl/N-ethyl adjacent to an activating group) is 1. The normalized spacial score (nSPS) is 13.9. The first-order chi connectivity index (χ1) is 30.6. The molecule has 2 atom stereocenters. The Labute approximate surface area is 390 Å². The van der Waals surface area contributed by atoms with Gasteiger partial charge in [-0.15, -0.1) is 0 Å². The summed E-state index contributed by atoms with van der Waals surface area (Å²) in [6, 6.07) is 0. The van der Waals surface area contributed by atoms with Crippen LogP contribution in [0.4, 0.5) is 0 Å². The van der Waals surface area contributed by atoms with Gasteiger partial charge in [-0.3, -0.25) is 13.8 Å². The quantitative estimate of drug-likeness (QED) is 0.0214. The zero-order valence-corrected chi connectivity index (χ0v) is 43.0. The lowest BCUT2D eigenvalue weighted by Gasteiger charge is -2.24. The summed E-state index contributed by atoms with van der Waals surface area (Å²) in [6.45, 7) is 5.61. The van der Waals surface area contributed by atoms with Crippen molar-refractivity contribution in [1.29, 1.82) is 0 Å². The molecule has 370 valence electrons. The summed E-state index contributed by atoms with van der Waals surface area (Å²) in [5, 5.41) is 0. The third-order valence-corrected chi connectivity index (χ3v) is 12.3. The van der Waals surface area contributed by atoms with Crippen LogP contribution in [0, 0.1) is 0 Å². The van der Waals surface area contributed by atoms with E-state index in [4.69, 9.17) is 18.5 Å². The van der Waals surface area contributed by atoms with E-state index in [0.717, 1.165) is 57.8 Å². The minimum Gasteiger partial charge on any atom is -0.457 e. The molecule has 0 spiro atoms. The summed E-state index contributed by atoms with van der Waals surface area (Å²) in [5.41, 5.74) is 0. The number of unbranched alkanes of at least 4 members (excludes halogenated alkanes) is 27. The van der Waals surface area contributed by atoms with E-state index in [-0.39, 0.29) is 25.8 Å². The number of carbonyl (C=O) groups excluding carboxylic acids is 1. The van der Waals surface area contributed by atoms with Gasteiger partial charge >= 0.3 is 13.8 Å². The first-order valence-corrected chi connectivity index (χ1v) is 27.9. The Balaban J connectivity index is 4.17. The molecule has 9 heteroatoms. The maximum Gasteiger partial charge on any atom is 0.472 e. The van der Waals surface area contributed by atoms with Gasteiger partial charge in [0.05, 0.1) is 34.4 Å². The van der Waals surface area contributed by atoms with Crippen LogP contribution in [0.1, 0.15) is 232 Å².